The van der Waals surface area contributed by atoms with E-state index in [0.29, 0.717) is 6.54 Å². The van der Waals surface area contributed by atoms with Crippen molar-refractivity contribution in [2.75, 3.05) is 13.1 Å². The van der Waals surface area contributed by atoms with E-state index in [-0.39, 0.29) is 23.3 Å². The Labute approximate surface area is 162 Å². The van der Waals surface area contributed by atoms with Gasteiger partial charge in [-0.15, -0.1) is 0 Å². The minimum Gasteiger partial charge on any atom is -0.342 e. The molecule has 27 heavy (non-hydrogen) atoms. The largest absolute Gasteiger partial charge is 0.342 e. The zero-order chi connectivity index (χ0) is 19.8. The summed E-state index contributed by atoms with van der Waals surface area (Å²) in [6, 6.07) is 4.28. The Hall–Kier alpha value is -2.24. The molecule has 1 saturated heterocycles. The quantitative estimate of drug-likeness (QED) is 0.821. The summed E-state index contributed by atoms with van der Waals surface area (Å²) in [6.45, 7) is 13.7. The lowest BCUT2D eigenvalue weighted by Gasteiger charge is -2.36. The van der Waals surface area contributed by atoms with E-state index in [0.717, 1.165) is 42.3 Å². The van der Waals surface area contributed by atoms with E-state index >= 15 is 0 Å². The van der Waals surface area contributed by atoms with Gasteiger partial charge in [0.1, 0.15) is 5.82 Å². The van der Waals surface area contributed by atoms with Gasteiger partial charge in [-0.1, -0.05) is 20.8 Å². The van der Waals surface area contributed by atoms with Crippen LogP contribution in [0.3, 0.4) is 0 Å². The van der Waals surface area contributed by atoms with Gasteiger partial charge in [-0.2, -0.15) is 5.10 Å². The number of likely N-dealkylation sites (tertiary alicyclic amines) is 1. The number of carbonyl (C=O) groups excluding carboxylic acids is 1. The molecule has 0 aliphatic carbocycles. The van der Waals surface area contributed by atoms with Crippen molar-refractivity contribution in [3.05, 3.63) is 29.8 Å². The summed E-state index contributed by atoms with van der Waals surface area (Å²) in [5.41, 5.74) is 2.51. The first kappa shape index (κ1) is 19.5. The van der Waals surface area contributed by atoms with E-state index in [1.165, 1.54) is 0 Å². The fourth-order valence-corrected chi connectivity index (χ4v) is 3.68. The van der Waals surface area contributed by atoms with Crippen molar-refractivity contribution < 1.29 is 4.79 Å². The Bertz CT molecular complexity index is 818. The number of piperidine rings is 1. The van der Waals surface area contributed by atoms with Gasteiger partial charge >= 0.3 is 0 Å². The Morgan fingerprint density at radius 3 is 2.67 bits per heavy atom. The molecule has 3 heterocycles. The molecule has 1 aliphatic heterocycles. The zero-order valence-corrected chi connectivity index (χ0v) is 17.4. The summed E-state index contributed by atoms with van der Waals surface area (Å²) in [7, 11) is 0. The second kappa shape index (κ2) is 7.41. The Morgan fingerprint density at radius 1 is 1.26 bits per heavy atom. The highest BCUT2D eigenvalue weighted by Crippen LogP contribution is 2.30. The Morgan fingerprint density at radius 2 is 2.00 bits per heavy atom. The number of aryl methyl sites for hydroxylation is 1. The second-order valence-corrected chi connectivity index (χ2v) is 8.85. The molecule has 1 atom stereocenters. The van der Waals surface area contributed by atoms with Crippen molar-refractivity contribution in [3.63, 3.8) is 0 Å². The van der Waals surface area contributed by atoms with Gasteiger partial charge in [0.05, 0.1) is 11.4 Å². The highest BCUT2D eigenvalue weighted by atomic mass is 16.2. The Balaban J connectivity index is 1.90. The first-order chi connectivity index (χ1) is 12.7. The molecule has 2 aromatic heterocycles. The predicted octanol–water partition coefficient (Wildman–Crippen LogP) is 3.98. The zero-order valence-electron chi connectivity index (χ0n) is 17.4. The number of aromatic nitrogens is 4. The second-order valence-electron chi connectivity index (χ2n) is 8.85. The first-order valence-corrected chi connectivity index (χ1v) is 9.85. The van der Waals surface area contributed by atoms with Crippen LogP contribution in [0.5, 0.6) is 0 Å². The van der Waals surface area contributed by atoms with Gasteiger partial charge in [0.15, 0.2) is 0 Å². The highest BCUT2D eigenvalue weighted by Gasteiger charge is 2.32. The van der Waals surface area contributed by atoms with E-state index in [9.17, 15) is 4.79 Å². The molecule has 6 heteroatoms. The molecule has 146 valence electrons. The Kier molecular flexibility index (Phi) is 5.36. The van der Waals surface area contributed by atoms with Crippen LogP contribution in [0.4, 0.5) is 0 Å². The molecule has 3 rings (SSSR count). The summed E-state index contributed by atoms with van der Waals surface area (Å²) in [5, 5.41) is 4.43. The summed E-state index contributed by atoms with van der Waals surface area (Å²) in [4.78, 5) is 24.3. The van der Waals surface area contributed by atoms with Gasteiger partial charge < -0.3 is 4.90 Å². The van der Waals surface area contributed by atoms with Crippen LogP contribution in [0, 0.1) is 12.3 Å². The van der Waals surface area contributed by atoms with Crippen molar-refractivity contribution in [3.8, 4) is 11.4 Å². The molecule has 1 fully saturated rings. The van der Waals surface area contributed by atoms with Gasteiger partial charge in [0.25, 0.3) is 0 Å². The van der Waals surface area contributed by atoms with E-state index in [4.69, 9.17) is 9.97 Å². The fourth-order valence-electron chi connectivity index (χ4n) is 3.68. The lowest BCUT2D eigenvalue weighted by atomic mass is 9.91. The summed E-state index contributed by atoms with van der Waals surface area (Å²) >= 11 is 0. The maximum absolute atomic E-state index is 12.7. The molecule has 0 radical (unpaired) electrons. The van der Waals surface area contributed by atoms with Crippen molar-refractivity contribution >= 4 is 5.91 Å². The van der Waals surface area contributed by atoms with Crippen molar-refractivity contribution in [1.82, 2.24) is 24.6 Å². The van der Waals surface area contributed by atoms with Crippen LogP contribution in [0.1, 0.15) is 70.9 Å². The van der Waals surface area contributed by atoms with Gasteiger partial charge in [-0.3, -0.25) is 9.48 Å². The number of nitrogens with zero attached hydrogens (tertiary/aromatic N) is 5. The minimum absolute atomic E-state index is 0.180. The van der Waals surface area contributed by atoms with Gasteiger partial charge in [0.2, 0.25) is 5.91 Å². The highest BCUT2D eigenvalue weighted by molar-refractivity contribution is 5.81. The molecular formula is C21H31N5O. The van der Waals surface area contributed by atoms with Crippen LogP contribution in [-0.4, -0.2) is 43.6 Å². The molecule has 1 amide bonds. The lowest BCUT2D eigenvalue weighted by molar-refractivity contribution is -0.140. The van der Waals surface area contributed by atoms with Crippen LogP contribution < -0.4 is 0 Å². The molecule has 0 saturated carbocycles. The van der Waals surface area contributed by atoms with Gasteiger partial charge in [-0.25, -0.2) is 9.97 Å². The molecule has 0 spiro atoms. The molecule has 6 nitrogen and oxygen atoms in total. The monoisotopic (exact) mass is 369 g/mol. The maximum Gasteiger partial charge on any atom is 0.227 e. The molecular weight excluding hydrogens is 338 g/mol. The number of hydrogen-bond donors (Lipinski definition) is 0. The number of amides is 1. The van der Waals surface area contributed by atoms with Crippen molar-refractivity contribution in [2.24, 2.45) is 5.41 Å². The third-order valence-electron chi connectivity index (χ3n) is 5.01. The number of hydrogen-bond acceptors (Lipinski definition) is 4. The van der Waals surface area contributed by atoms with Gasteiger partial charge in [-0.05, 0) is 45.7 Å². The normalized spacial score (nSPS) is 18.2. The lowest BCUT2D eigenvalue weighted by Crippen LogP contribution is -2.44. The molecule has 0 aromatic carbocycles. The van der Waals surface area contributed by atoms with E-state index in [1.807, 2.05) is 55.6 Å². The average molecular weight is 370 g/mol. The van der Waals surface area contributed by atoms with Crippen LogP contribution in [0.15, 0.2) is 18.3 Å². The summed E-state index contributed by atoms with van der Waals surface area (Å²) in [5.74, 6) is 1.23. The summed E-state index contributed by atoms with van der Waals surface area (Å²) in [6.07, 6.45) is 3.82. The smallest absolute Gasteiger partial charge is 0.227 e. The van der Waals surface area contributed by atoms with E-state index in [1.54, 1.807) is 0 Å². The maximum atomic E-state index is 12.7. The number of carbonyl (C=O) groups is 1. The van der Waals surface area contributed by atoms with Crippen molar-refractivity contribution in [2.45, 2.75) is 66.3 Å². The van der Waals surface area contributed by atoms with Crippen molar-refractivity contribution in [1.29, 1.82) is 0 Å². The standard InChI is InChI=1S/C21H31N5O/c1-14(2)26-18(9-10-22-26)17-12-15(3)23-19(24-17)16-8-7-11-25(13-16)20(27)21(4,5)6/h9-10,12,14,16H,7-8,11,13H2,1-6H3/t16-/m0/s1. The number of rotatable bonds is 3. The first-order valence-electron chi connectivity index (χ1n) is 9.85. The van der Waals surface area contributed by atoms with E-state index < -0.39 is 0 Å². The topological polar surface area (TPSA) is 63.9 Å². The summed E-state index contributed by atoms with van der Waals surface area (Å²) < 4.78 is 1.99. The van der Waals surface area contributed by atoms with Crippen LogP contribution in [-0.2, 0) is 4.79 Å². The average Bonchev–Trinajstić information content (AvgIpc) is 3.10. The molecule has 2 aromatic rings. The van der Waals surface area contributed by atoms with Gasteiger partial charge in [0, 0.05) is 42.4 Å². The SMILES string of the molecule is Cc1cc(-c2ccnn2C(C)C)nc([C@H]2CCCN(C(=O)C(C)(C)C)C2)n1. The molecule has 0 unspecified atom stereocenters. The van der Waals surface area contributed by atoms with Crippen LogP contribution in [0.2, 0.25) is 0 Å². The van der Waals surface area contributed by atoms with Crippen LogP contribution >= 0.6 is 0 Å². The predicted molar refractivity (Wildman–Crippen MR) is 106 cm³/mol. The fraction of sp³-hybridized carbons (Fsp3) is 0.619. The molecule has 0 bridgehead atoms. The third-order valence-corrected chi connectivity index (χ3v) is 5.01. The third kappa shape index (κ3) is 4.20. The molecule has 1 aliphatic rings. The molecule has 0 N–H and O–H groups in total. The van der Waals surface area contributed by atoms with E-state index in [2.05, 4.69) is 18.9 Å². The minimum atomic E-state index is -0.357. The van der Waals surface area contributed by atoms with Crippen LogP contribution in [0.25, 0.3) is 11.4 Å².